The lowest BCUT2D eigenvalue weighted by atomic mass is 10.1. The molecule has 70 valence electrons. The van der Waals surface area contributed by atoms with Crippen LogP contribution in [0.25, 0.3) is 11.0 Å². The molecule has 2 nitrogen and oxygen atoms in total. The van der Waals surface area contributed by atoms with Crippen LogP contribution in [0.1, 0.15) is 24.6 Å². The van der Waals surface area contributed by atoms with Gasteiger partial charge in [0.05, 0.1) is 11.0 Å². The third-order valence-electron chi connectivity index (χ3n) is 2.77. The minimum absolute atomic E-state index is 0.502. The Bertz CT molecular complexity index is 405. The van der Waals surface area contributed by atoms with Crippen molar-refractivity contribution in [3.05, 3.63) is 42.9 Å². The molecule has 1 heterocycles. The van der Waals surface area contributed by atoms with Gasteiger partial charge in [-0.25, -0.2) is 4.98 Å². The van der Waals surface area contributed by atoms with E-state index in [1.54, 1.807) is 0 Å². The minimum atomic E-state index is 0.502. The summed E-state index contributed by atoms with van der Waals surface area (Å²) < 4.78 is 0. The van der Waals surface area contributed by atoms with Crippen molar-refractivity contribution in [2.45, 2.75) is 18.8 Å². The summed E-state index contributed by atoms with van der Waals surface area (Å²) in [5.74, 6) is 1.61. The fourth-order valence-corrected chi connectivity index (χ4v) is 2.01. The summed E-state index contributed by atoms with van der Waals surface area (Å²) in [6.45, 7) is 0. The lowest BCUT2D eigenvalue weighted by molar-refractivity contribution is 0.751. The Morgan fingerprint density at radius 2 is 2.21 bits per heavy atom. The zero-order valence-electron chi connectivity index (χ0n) is 7.90. The van der Waals surface area contributed by atoms with Gasteiger partial charge in [0.25, 0.3) is 0 Å². The van der Waals surface area contributed by atoms with Crippen LogP contribution in [0, 0.1) is 12.8 Å². The number of hydrogen-bond donors (Lipinski definition) is 1. The molecule has 1 unspecified atom stereocenters. The molecule has 2 radical (unpaired) electrons. The van der Waals surface area contributed by atoms with Gasteiger partial charge < -0.3 is 4.98 Å². The second-order valence-electron chi connectivity index (χ2n) is 3.75. The van der Waals surface area contributed by atoms with Crippen molar-refractivity contribution in [3.8, 4) is 0 Å². The first kappa shape index (κ1) is 8.04. The average Bonchev–Trinajstić information content (AvgIpc) is 2.86. The highest BCUT2D eigenvalue weighted by Crippen LogP contribution is 2.31. The quantitative estimate of drug-likeness (QED) is 0.725. The molecule has 1 aliphatic carbocycles. The molecule has 0 bridgehead atoms. The number of aromatic amines is 1. The Hall–Kier alpha value is -1.31. The lowest BCUT2D eigenvalue weighted by Crippen LogP contribution is -1.94. The van der Waals surface area contributed by atoms with E-state index in [9.17, 15) is 0 Å². The number of para-hydroxylation sites is 2. The van der Waals surface area contributed by atoms with Gasteiger partial charge in [-0.05, 0) is 37.8 Å². The molecule has 1 saturated carbocycles. The number of benzene rings is 1. The van der Waals surface area contributed by atoms with Crippen LogP contribution in [0.4, 0.5) is 0 Å². The van der Waals surface area contributed by atoms with Crippen LogP contribution in [0.5, 0.6) is 0 Å². The maximum absolute atomic E-state index is 4.59. The predicted molar refractivity (Wildman–Crippen MR) is 56.7 cm³/mol. The maximum Gasteiger partial charge on any atom is 0.110 e. The smallest absolute Gasteiger partial charge is 0.110 e. The molecule has 0 amide bonds. The first-order valence-corrected chi connectivity index (χ1v) is 5.05. The molecule has 0 aliphatic heterocycles. The molecular formula is C12H12N2. The molecule has 1 fully saturated rings. The number of imidazole rings is 1. The van der Waals surface area contributed by atoms with Gasteiger partial charge in [-0.15, -0.1) is 0 Å². The van der Waals surface area contributed by atoms with E-state index in [0.29, 0.717) is 5.92 Å². The first-order valence-electron chi connectivity index (χ1n) is 5.05. The van der Waals surface area contributed by atoms with Crippen LogP contribution in [-0.2, 0) is 0 Å². The average molecular weight is 184 g/mol. The van der Waals surface area contributed by atoms with Crippen molar-refractivity contribution in [2.24, 2.45) is 0 Å². The maximum atomic E-state index is 4.59. The van der Waals surface area contributed by atoms with Crippen LogP contribution in [0.3, 0.4) is 0 Å². The standard InChI is InChI=1S/C12H12N2/c1-2-6-9(5-1)12-13-10-7-3-4-8-11(10)14-12/h1,3-5,7-9H,2,6H2,(H,13,14). The monoisotopic (exact) mass is 184 g/mol. The van der Waals surface area contributed by atoms with E-state index in [1.807, 2.05) is 18.2 Å². The van der Waals surface area contributed by atoms with E-state index < -0.39 is 0 Å². The molecule has 2 heteroatoms. The minimum Gasteiger partial charge on any atom is -0.342 e. The van der Waals surface area contributed by atoms with Crippen LogP contribution in [0.2, 0.25) is 0 Å². The zero-order valence-corrected chi connectivity index (χ0v) is 7.90. The van der Waals surface area contributed by atoms with Gasteiger partial charge >= 0.3 is 0 Å². The van der Waals surface area contributed by atoms with E-state index in [-0.39, 0.29) is 0 Å². The summed E-state index contributed by atoms with van der Waals surface area (Å²) in [6.07, 6.45) is 6.86. The largest absolute Gasteiger partial charge is 0.342 e. The van der Waals surface area contributed by atoms with Crippen LogP contribution in [-0.4, -0.2) is 9.97 Å². The van der Waals surface area contributed by atoms with Crippen molar-refractivity contribution < 1.29 is 0 Å². The summed E-state index contributed by atoms with van der Waals surface area (Å²) >= 11 is 0. The molecule has 14 heavy (non-hydrogen) atoms. The van der Waals surface area contributed by atoms with E-state index in [2.05, 4.69) is 28.9 Å². The molecule has 1 aliphatic rings. The number of nitrogens with one attached hydrogen (secondary N) is 1. The molecule has 2 aromatic rings. The first-order chi connectivity index (χ1) is 6.93. The molecular weight excluding hydrogens is 172 g/mol. The number of H-pyrrole nitrogens is 1. The van der Waals surface area contributed by atoms with E-state index in [0.717, 1.165) is 16.9 Å². The van der Waals surface area contributed by atoms with E-state index in [4.69, 9.17) is 0 Å². The Morgan fingerprint density at radius 3 is 3.00 bits per heavy atom. The van der Waals surface area contributed by atoms with Gasteiger partial charge in [0.1, 0.15) is 5.82 Å². The molecule has 0 spiro atoms. The van der Waals surface area contributed by atoms with Gasteiger partial charge in [-0.3, -0.25) is 0 Å². The summed E-state index contributed by atoms with van der Waals surface area (Å²) in [7, 11) is 0. The second kappa shape index (κ2) is 3.12. The molecule has 1 aromatic heterocycles. The fraction of sp³-hybridized carbons (Fsp3) is 0.250. The summed E-state index contributed by atoms with van der Waals surface area (Å²) in [6, 6.07) is 8.19. The normalized spacial score (nSPS) is 18.0. The number of nitrogens with zero attached hydrogens (tertiary/aromatic N) is 1. The van der Waals surface area contributed by atoms with Gasteiger partial charge in [0, 0.05) is 5.92 Å². The topological polar surface area (TPSA) is 28.7 Å². The van der Waals surface area contributed by atoms with Gasteiger partial charge in [-0.1, -0.05) is 12.1 Å². The summed E-state index contributed by atoms with van der Waals surface area (Å²) in [5, 5.41) is 0. The SMILES string of the molecule is [CH]1[CH]C(c2nc3ccccc3[nH]2)CC1. The van der Waals surface area contributed by atoms with Gasteiger partial charge in [0.15, 0.2) is 0 Å². The lowest BCUT2D eigenvalue weighted by Gasteiger charge is -2.02. The van der Waals surface area contributed by atoms with Crippen molar-refractivity contribution in [3.63, 3.8) is 0 Å². The summed E-state index contributed by atoms with van der Waals surface area (Å²) in [5.41, 5.74) is 2.21. The zero-order chi connectivity index (χ0) is 9.38. The van der Waals surface area contributed by atoms with E-state index >= 15 is 0 Å². The number of rotatable bonds is 1. The number of aromatic nitrogens is 2. The number of fused-ring (bicyclic) bond motifs is 1. The third kappa shape index (κ3) is 1.22. The van der Waals surface area contributed by atoms with Crippen LogP contribution < -0.4 is 0 Å². The highest BCUT2D eigenvalue weighted by Gasteiger charge is 2.20. The predicted octanol–water partition coefficient (Wildman–Crippen LogP) is 2.85. The van der Waals surface area contributed by atoms with Crippen molar-refractivity contribution >= 4 is 11.0 Å². The summed E-state index contributed by atoms with van der Waals surface area (Å²) in [4.78, 5) is 7.96. The van der Waals surface area contributed by atoms with E-state index in [1.165, 1.54) is 12.8 Å². The second-order valence-corrected chi connectivity index (χ2v) is 3.75. The van der Waals surface area contributed by atoms with Gasteiger partial charge in [-0.2, -0.15) is 0 Å². The molecule has 1 aromatic carbocycles. The molecule has 1 N–H and O–H groups in total. The van der Waals surface area contributed by atoms with Crippen LogP contribution in [0.15, 0.2) is 24.3 Å². The number of hydrogen-bond acceptors (Lipinski definition) is 1. The fourth-order valence-electron chi connectivity index (χ4n) is 2.01. The van der Waals surface area contributed by atoms with Crippen LogP contribution >= 0.6 is 0 Å². The van der Waals surface area contributed by atoms with Crippen molar-refractivity contribution in [1.82, 2.24) is 9.97 Å². The Labute approximate surface area is 83.4 Å². The third-order valence-corrected chi connectivity index (χ3v) is 2.77. The Balaban J connectivity index is 2.05. The highest BCUT2D eigenvalue weighted by molar-refractivity contribution is 5.74. The molecule has 0 saturated heterocycles. The van der Waals surface area contributed by atoms with Gasteiger partial charge in [0.2, 0.25) is 0 Å². The Kier molecular flexibility index (Phi) is 1.79. The highest BCUT2D eigenvalue weighted by atomic mass is 14.9. The Morgan fingerprint density at radius 1 is 1.29 bits per heavy atom. The van der Waals surface area contributed by atoms with Crippen molar-refractivity contribution in [1.29, 1.82) is 0 Å². The molecule has 3 rings (SSSR count). The molecule has 1 atom stereocenters. The van der Waals surface area contributed by atoms with Crippen molar-refractivity contribution in [2.75, 3.05) is 0 Å².